The summed E-state index contributed by atoms with van der Waals surface area (Å²) in [4.78, 5) is 0. The van der Waals surface area contributed by atoms with Crippen LogP contribution in [-0.4, -0.2) is 19.2 Å². The number of nitrogen functional groups attached to an aromatic ring is 1. The van der Waals surface area contributed by atoms with Gasteiger partial charge in [0.25, 0.3) is 0 Å². The van der Waals surface area contributed by atoms with Crippen LogP contribution in [0.4, 0.5) is 5.69 Å². The minimum Gasteiger partial charge on any atom is -0.491 e. The number of anilines is 1. The molecular formula is C20H34N2O. The molecule has 0 aromatic heterocycles. The number of rotatable bonds is 8. The summed E-state index contributed by atoms with van der Waals surface area (Å²) < 4.78 is 5.73. The van der Waals surface area contributed by atoms with Gasteiger partial charge in [0.15, 0.2) is 0 Å². The van der Waals surface area contributed by atoms with Gasteiger partial charge in [0.05, 0.1) is 12.3 Å². The van der Waals surface area contributed by atoms with Gasteiger partial charge in [-0.05, 0) is 55.8 Å². The minimum absolute atomic E-state index is 0.518. The van der Waals surface area contributed by atoms with Crippen LogP contribution >= 0.6 is 0 Å². The van der Waals surface area contributed by atoms with E-state index in [9.17, 15) is 0 Å². The van der Waals surface area contributed by atoms with Gasteiger partial charge in [0.2, 0.25) is 0 Å². The molecule has 0 amide bonds. The molecule has 0 saturated heterocycles. The Morgan fingerprint density at radius 1 is 1.17 bits per heavy atom. The van der Waals surface area contributed by atoms with Gasteiger partial charge in [-0.2, -0.15) is 0 Å². The highest BCUT2D eigenvalue weighted by atomic mass is 16.5. The Morgan fingerprint density at radius 2 is 1.91 bits per heavy atom. The van der Waals surface area contributed by atoms with Crippen LogP contribution < -0.4 is 15.8 Å². The first-order chi connectivity index (χ1) is 11.1. The maximum atomic E-state index is 6.11. The lowest BCUT2D eigenvalue weighted by Gasteiger charge is -2.16. The van der Waals surface area contributed by atoms with Crippen molar-refractivity contribution in [1.29, 1.82) is 0 Å². The van der Waals surface area contributed by atoms with Crippen LogP contribution in [0, 0.1) is 5.92 Å². The van der Waals surface area contributed by atoms with Crippen molar-refractivity contribution in [3.8, 4) is 5.75 Å². The molecule has 1 aromatic carbocycles. The normalized spacial score (nSPS) is 16.5. The smallest absolute Gasteiger partial charge is 0.142 e. The fourth-order valence-corrected chi connectivity index (χ4v) is 3.22. The monoisotopic (exact) mass is 318 g/mol. The van der Waals surface area contributed by atoms with E-state index in [-0.39, 0.29) is 0 Å². The zero-order chi connectivity index (χ0) is 16.5. The number of nitrogens with two attached hydrogens (primary N) is 1. The second-order valence-electron chi connectivity index (χ2n) is 7.32. The Kier molecular flexibility index (Phi) is 7.73. The van der Waals surface area contributed by atoms with Crippen molar-refractivity contribution in [2.75, 3.05) is 18.9 Å². The van der Waals surface area contributed by atoms with Crippen molar-refractivity contribution >= 4 is 5.69 Å². The lowest BCUT2D eigenvalue weighted by atomic mass is 10.1. The molecule has 23 heavy (non-hydrogen) atoms. The van der Waals surface area contributed by atoms with E-state index in [1.807, 2.05) is 6.07 Å². The molecule has 1 saturated carbocycles. The zero-order valence-electron chi connectivity index (χ0n) is 14.9. The number of aryl methyl sites for hydroxylation is 1. The SMILES string of the molecule is CC(C)COc1ccc(CCCNC2CCCCCC2)cc1N. The van der Waals surface area contributed by atoms with Crippen molar-refractivity contribution in [2.45, 2.75) is 71.3 Å². The molecule has 1 aliphatic carbocycles. The quantitative estimate of drug-likeness (QED) is 0.420. The van der Waals surface area contributed by atoms with Gasteiger partial charge in [-0.3, -0.25) is 0 Å². The molecule has 0 bridgehead atoms. The lowest BCUT2D eigenvalue weighted by Crippen LogP contribution is -2.29. The third kappa shape index (κ3) is 6.82. The molecule has 1 fully saturated rings. The van der Waals surface area contributed by atoms with Crippen LogP contribution in [0.3, 0.4) is 0 Å². The highest BCUT2D eigenvalue weighted by Gasteiger charge is 2.11. The maximum Gasteiger partial charge on any atom is 0.142 e. The second-order valence-corrected chi connectivity index (χ2v) is 7.32. The Hall–Kier alpha value is -1.22. The third-order valence-corrected chi connectivity index (χ3v) is 4.58. The molecule has 0 heterocycles. The summed E-state index contributed by atoms with van der Waals surface area (Å²) in [6, 6.07) is 6.99. The standard InChI is InChI=1S/C20H34N2O/c1-16(2)15-23-20-12-11-17(14-19(20)21)8-7-13-22-18-9-5-3-4-6-10-18/h11-12,14,16,18,22H,3-10,13,15,21H2,1-2H3. The number of benzene rings is 1. The predicted molar refractivity (Wildman–Crippen MR) is 99.0 cm³/mol. The lowest BCUT2D eigenvalue weighted by molar-refractivity contribution is 0.272. The van der Waals surface area contributed by atoms with E-state index in [0.29, 0.717) is 5.92 Å². The number of ether oxygens (including phenoxy) is 1. The van der Waals surface area contributed by atoms with Gasteiger partial charge >= 0.3 is 0 Å². The molecule has 2 rings (SSSR count). The van der Waals surface area contributed by atoms with Crippen LogP contribution in [0.5, 0.6) is 5.75 Å². The largest absolute Gasteiger partial charge is 0.491 e. The highest BCUT2D eigenvalue weighted by Crippen LogP contribution is 2.24. The maximum absolute atomic E-state index is 6.11. The predicted octanol–water partition coefficient (Wildman–Crippen LogP) is 4.55. The molecule has 0 unspecified atom stereocenters. The first kappa shape index (κ1) is 18.1. The molecule has 0 radical (unpaired) electrons. The molecule has 3 heteroatoms. The second kappa shape index (κ2) is 9.82. The van der Waals surface area contributed by atoms with E-state index in [4.69, 9.17) is 10.5 Å². The molecule has 130 valence electrons. The van der Waals surface area contributed by atoms with Crippen LogP contribution in [0.25, 0.3) is 0 Å². The first-order valence-corrected chi connectivity index (χ1v) is 9.39. The van der Waals surface area contributed by atoms with Crippen molar-refractivity contribution < 1.29 is 4.74 Å². The summed E-state index contributed by atoms with van der Waals surface area (Å²) in [5.41, 5.74) is 8.18. The number of hydrogen-bond donors (Lipinski definition) is 2. The molecule has 0 spiro atoms. The van der Waals surface area contributed by atoms with E-state index >= 15 is 0 Å². The van der Waals surface area contributed by atoms with Crippen molar-refractivity contribution in [3.63, 3.8) is 0 Å². The summed E-state index contributed by atoms with van der Waals surface area (Å²) in [5, 5.41) is 3.73. The average molecular weight is 319 g/mol. The summed E-state index contributed by atoms with van der Waals surface area (Å²) in [5.74, 6) is 1.34. The molecule has 0 atom stereocenters. The molecule has 0 aliphatic heterocycles. The van der Waals surface area contributed by atoms with Crippen LogP contribution in [0.2, 0.25) is 0 Å². The van der Waals surface area contributed by atoms with Crippen LogP contribution in [0.15, 0.2) is 18.2 Å². The van der Waals surface area contributed by atoms with E-state index in [2.05, 4.69) is 31.3 Å². The highest BCUT2D eigenvalue weighted by molar-refractivity contribution is 5.54. The zero-order valence-corrected chi connectivity index (χ0v) is 14.9. The minimum atomic E-state index is 0.518. The topological polar surface area (TPSA) is 47.3 Å². The number of hydrogen-bond acceptors (Lipinski definition) is 3. The molecule has 1 aromatic rings. The van der Waals surface area contributed by atoms with Crippen molar-refractivity contribution in [3.05, 3.63) is 23.8 Å². The summed E-state index contributed by atoms with van der Waals surface area (Å²) >= 11 is 0. The summed E-state index contributed by atoms with van der Waals surface area (Å²) in [6.45, 7) is 6.11. The first-order valence-electron chi connectivity index (χ1n) is 9.39. The summed E-state index contributed by atoms with van der Waals surface area (Å²) in [6.07, 6.45) is 10.6. The Balaban J connectivity index is 1.69. The van der Waals surface area contributed by atoms with E-state index in [1.165, 1.54) is 50.5 Å². The summed E-state index contributed by atoms with van der Waals surface area (Å²) in [7, 11) is 0. The fraction of sp³-hybridized carbons (Fsp3) is 0.700. The van der Waals surface area contributed by atoms with E-state index in [1.54, 1.807) is 0 Å². The molecule has 3 N–H and O–H groups in total. The Morgan fingerprint density at radius 3 is 2.57 bits per heavy atom. The fourth-order valence-electron chi connectivity index (χ4n) is 3.22. The Labute approximate surface area is 142 Å². The van der Waals surface area contributed by atoms with Crippen molar-refractivity contribution in [1.82, 2.24) is 5.32 Å². The molecule has 1 aliphatic rings. The van der Waals surface area contributed by atoms with Gasteiger partial charge in [0, 0.05) is 6.04 Å². The third-order valence-electron chi connectivity index (χ3n) is 4.58. The molecular weight excluding hydrogens is 284 g/mol. The van der Waals surface area contributed by atoms with E-state index in [0.717, 1.165) is 37.1 Å². The van der Waals surface area contributed by atoms with Gasteiger partial charge < -0.3 is 15.8 Å². The van der Waals surface area contributed by atoms with Crippen LogP contribution in [-0.2, 0) is 6.42 Å². The van der Waals surface area contributed by atoms with Crippen LogP contribution in [0.1, 0.15) is 64.4 Å². The molecule has 3 nitrogen and oxygen atoms in total. The Bertz CT molecular complexity index is 451. The average Bonchev–Trinajstić information content (AvgIpc) is 2.79. The number of nitrogens with one attached hydrogen (secondary N) is 1. The van der Waals surface area contributed by atoms with Gasteiger partial charge in [-0.25, -0.2) is 0 Å². The van der Waals surface area contributed by atoms with Gasteiger partial charge in [0.1, 0.15) is 5.75 Å². The van der Waals surface area contributed by atoms with Gasteiger partial charge in [-0.15, -0.1) is 0 Å². The van der Waals surface area contributed by atoms with E-state index < -0.39 is 0 Å². The van der Waals surface area contributed by atoms with Crippen molar-refractivity contribution in [2.24, 2.45) is 5.92 Å². The van der Waals surface area contributed by atoms with Gasteiger partial charge in [-0.1, -0.05) is 45.6 Å².